The third-order valence-electron chi connectivity index (χ3n) is 7.97. The van der Waals surface area contributed by atoms with E-state index >= 15 is 0 Å². The van der Waals surface area contributed by atoms with Crippen LogP contribution in [0.15, 0.2) is 97.2 Å². The van der Waals surface area contributed by atoms with Crippen LogP contribution in [0.1, 0.15) is 142 Å². The van der Waals surface area contributed by atoms with Gasteiger partial charge in [-0.2, -0.15) is 0 Å². The first-order valence-electron chi connectivity index (χ1n) is 20.7. The van der Waals surface area contributed by atoms with E-state index in [9.17, 15) is 19.0 Å². The van der Waals surface area contributed by atoms with Gasteiger partial charge in [0.25, 0.3) is 0 Å². The van der Waals surface area contributed by atoms with Gasteiger partial charge in [-0.3, -0.25) is 18.6 Å². The van der Waals surface area contributed by atoms with Crippen LogP contribution in [0.5, 0.6) is 0 Å². The molecule has 0 fully saturated rings. The van der Waals surface area contributed by atoms with Crippen molar-refractivity contribution in [3.63, 3.8) is 0 Å². The summed E-state index contributed by atoms with van der Waals surface area (Å²) in [7, 11) is -4.40. The maximum absolute atomic E-state index is 12.6. The number of ether oxygens (including phenoxy) is 2. The predicted octanol–water partition coefficient (Wildman–Crippen LogP) is 11.8. The summed E-state index contributed by atoms with van der Waals surface area (Å²) in [5.74, 6) is -0.898. The van der Waals surface area contributed by atoms with Crippen molar-refractivity contribution in [2.24, 2.45) is 5.73 Å². The minimum atomic E-state index is -4.40. The minimum Gasteiger partial charge on any atom is -0.462 e. The molecule has 3 N–H and O–H groups in total. The summed E-state index contributed by atoms with van der Waals surface area (Å²) in [5, 5.41) is 0. The van der Waals surface area contributed by atoms with E-state index in [4.69, 9.17) is 24.3 Å². The number of allylic oxidation sites excluding steroid dienone is 16. The lowest BCUT2D eigenvalue weighted by Gasteiger charge is -2.19. The Balaban J connectivity index is 4.30. The Bertz CT molecular complexity index is 1220. The summed E-state index contributed by atoms with van der Waals surface area (Å²) in [5.41, 5.74) is 5.34. The molecule has 0 saturated carbocycles. The number of carbonyl (C=O) groups is 2. The van der Waals surface area contributed by atoms with Gasteiger partial charge in [-0.25, -0.2) is 4.57 Å². The van der Waals surface area contributed by atoms with Gasteiger partial charge in [-0.15, -0.1) is 0 Å². The van der Waals surface area contributed by atoms with Crippen molar-refractivity contribution in [1.82, 2.24) is 0 Å². The van der Waals surface area contributed by atoms with E-state index in [1.165, 1.54) is 0 Å². The molecular weight excluding hydrogens is 713 g/mol. The Morgan fingerprint density at radius 1 is 0.545 bits per heavy atom. The number of phosphoric acid groups is 1. The largest absolute Gasteiger partial charge is 0.472 e. The van der Waals surface area contributed by atoms with Crippen LogP contribution in [0.4, 0.5) is 0 Å². The van der Waals surface area contributed by atoms with Gasteiger partial charge in [0, 0.05) is 19.4 Å². The average Bonchev–Trinajstić information content (AvgIpc) is 3.17. The van der Waals surface area contributed by atoms with Crippen LogP contribution in [0.2, 0.25) is 0 Å². The van der Waals surface area contributed by atoms with Gasteiger partial charge in [0.15, 0.2) is 6.10 Å². The summed E-state index contributed by atoms with van der Waals surface area (Å²) < 4.78 is 32.7. The van der Waals surface area contributed by atoms with E-state index < -0.39 is 32.5 Å². The molecule has 0 amide bonds. The molecule has 312 valence electrons. The molecule has 0 aliphatic heterocycles. The zero-order valence-corrected chi connectivity index (χ0v) is 35.0. The molecule has 1 unspecified atom stereocenters. The molecule has 0 spiro atoms. The number of hydrogen-bond acceptors (Lipinski definition) is 8. The van der Waals surface area contributed by atoms with E-state index in [0.717, 1.165) is 103 Å². The number of nitrogens with two attached hydrogens (primary N) is 1. The lowest BCUT2D eigenvalue weighted by molar-refractivity contribution is -0.161. The monoisotopic (exact) mass is 788 g/mol. The molecule has 55 heavy (non-hydrogen) atoms. The van der Waals surface area contributed by atoms with Crippen molar-refractivity contribution in [3.05, 3.63) is 97.2 Å². The summed E-state index contributed by atoms with van der Waals surface area (Å²) in [4.78, 5) is 34.8. The van der Waals surface area contributed by atoms with Gasteiger partial charge in [0.05, 0.1) is 13.2 Å². The molecule has 0 bridgehead atoms. The fourth-order valence-electron chi connectivity index (χ4n) is 4.97. The number of esters is 2. The highest BCUT2D eigenvalue weighted by atomic mass is 31.2. The second kappa shape index (κ2) is 40.6. The van der Waals surface area contributed by atoms with Gasteiger partial charge in [-0.1, -0.05) is 137 Å². The molecular formula is C45H74NO8P. The first-order chi connectivity index (χ1) is 26.8. The molecule has 0 rings (SSSR count). The Morgan fingerprint density at radius 3 is 1.42 bits per heavy atom. The molecule has 0 aromatic rings. The molecule has 9 nitrogen and oxygen atoms in total. The summed E-state index contributed by atoms with van der Waals surface area (Å²) in [6.07, 6.45) is 51.5. The fourth-order valence-corrected chi connectivity index (χ4v) is 5.73. The van der Waals surface area contributed by atoms with Gasteiger partial charge >= 0.3 is 19.8 Å². The van der Waals surface area contributed by atoms with Crippen molar-refractivity contribution >= 4 is 19.8 Å². The number of unbranched alkanes of at least 4 members (excludes halogenated alkanes) is 8. The summed E-state index contributed by atoms with van der Waals surface area (Å²) in [6.45, 7) is 3.41. The van der Waals surface area contributed by atoms with E-state index in [0.29, 0.717) is 12.8 Å². The number of carbonyl (C=O) groups excluding carboxylic acids is 2. The summed E-state index contributed by atoms with van der Waals surface area (Å²) in [6, 6.07) is 0. The molecule has 0 heterocycles. The smallest absolute Gasteiger partial charge is 0.462 e. The summed E-state index contributed by atoms with van der Waals surface area (Å²) >= 11 is 0. The molecule has 0 aromatic heterocycles. The van der Waals surface area contributed by atoms with Crippen molar-refractivity contribution < 1.29 is 37.6 Å². The highest BCUT2D eigenvalue weighted by molar-refractivity contribution is 7.47. The quantitative estimate of drug-likeness (QED) is 0.0273. The van der Waals surface area contributed by atoms with Crippen LogP contribution >= 0.6 is 7.82 Å². The Hall–Kier alpha value is -3.07. The number of phosphoric ester groups is 1. The fraction of sp³-hybridized carbons (Fsp3) is 0.600. The lowest BCUT2D eigenvalue weighted by atomic mass is 10.1. The van der Waals surface area contributed by atoms with E-state index in [-0.39, 0.29) is 32.6 Å². The molecule has 0 aliphatic rings. The average molecular weight is 788 g/mol. The van der Waals surface area contributed by atoms with Crippen LogP contribution in [0.3, 0.4) is 0 Å². The molecule has 10 heteroatoms. The van der Waals surface area contributed by atoms with Crippen molar-refractivity contribution in [2.45, 2.75) is 148 Å². The Kier molecular flexibility index (Phi) is 38.3. The molecule has 2 atom stereocenters. The molecule has 0 radical (unpaired) electrons. The van der Waals surface area contributed by atoms with Crippen LogP contribution in [0, 0.1) is 0 Å². The van der Waals surface area contributed by atoms with Crippen molar-refractivity contribution in [1.29, 1.82) is 0 Å². The van der Waals surface area contributed by atoms with Crippen molar-refractivity contribution in [3.8, 4) is 0 Å². The van der Waals surface area contributed by atoms with Crippen LogP contribution < -0.4 is 5.73 Å². The van der Waals surface area contributed by atoms with Gasteiger partial charge in [-0.05, 0) is 89.9 Å². The third kappa shape index (κ3) is 40.4. The number of rotatable bonds is 37. The maximum atomic E-state index is 12.6. The zero-order valence-electron chi connectivity index (χ0n) is 34.1. The highest BCUT2D eigenvalue weighted by Crippen LogP contribution is 2.43. The van der Waals surface area contributed by atoms with Crippen molar-refractivity contribution in [2.75, 3.05) is 26.4 Å². The normalized spacial score (nSPS) is 14.3. The molecule has 0 saturated heterocycles. The van der Waals surface area contributed by atoms with Crippen LogP contribution in [-0.2, 0) is 32.7 Å². The third-order valence-corrected chi connectivity index (χ3v) is 8.95. The van der Waals surface area contributed by atoms with Gasteiger partial charge in [0.1, 0.15) is 6.61 Å². The standard InChI is InChI=1S/C45H74NO8P/c1-3-5-7-9-11-13-15-17-19-20-21-22-24-26-28-30-32-34-36-38-45(48)54-43(42-53-55(49,50)52-40-39-46)41-51-44(47)37-35-33-31-29-27-25-23-18-16-14-12-10-8-6-4-2/h5-8,11-14,17-19,21-23,26,28,43H,3-4,9-10,15-16,20,24-25,27,29-42,46H2,1-2H3,(H,49,50)/b7-5+,8-6+,13-11+,14-12+,19-17+,22-21+,23-18+,28-26+/t43-/m1/s1. The molecule has 0 aromatic carbocycles. The lowest BCUT2D eigenvalue weighted by Crippen LogP contribution is -2.29. The van der Waals surface area contributed by atoms with Gasteiger partial charge < -0.3 is 20.1 Å². The molecule has 0 aliphatic carbocycles. The second-order valence-electron chi connectivity index (χ2n) is 13.1. The van der Waals surface area contributed by atoms with Crippen LogP contribution in [-0.4, -0.2) is 49.3 Å². The Labute approximate surface area is 334 Å². The number of hydrogen-bond donors (Lipinski definition) is 2. The topological polar surface area (TPSA) is 134 Å². The SMILES string of the molecule is CC/C=C/C/C=C/C/C=C/C/C=C/C/C=C/CCCCCC(=O)O[C@H](COC(=O)CCCCCCC/C=C/C/C=C/C/C=C/CC)COP(=O)(O)OCCN. The van der Waals surface area contributed by atoms with Crippen LogP contribution in [0.25, 0.3) is 0 Å². The minimum absolute atomic E-state index is 0.0392. The first kappa shape index (κ1) is 51.9. The van der Waals surface area contributed by atoms with Gasteiger partial charge in [0.2, 0.25) is 0 Å². The highest BCUT2D eigenvalue weighted by Gasteiger charge is 2.25. The predicted molar refractivity (Wildman–Crippen MR) is 228 cm³/mol. The second-order valence-corrected chi connectivity index (χ2v) is 14.5. The van der Waals surface area contributed by atoms with E-state index in [1.807, 2.05) is 0 Å². The van der Waals surface area contributed by atoms with E-state index in [1.54, 1.807) is 0 Å². The zero-order chi connectivity index (χ0) is 40.3. The Morgan fingerprint density at radius 2 is 0.945 bits per heavy atom. The first-order valence-corrected chi connectivity index (χ1v) is 22.2. The maximum Gasteiger partial charge on any atom is 0.472 e. The van der Waals surface area contributed by atoms with E-state index in [2.05, 4.69) is 111 Å².